The zero-order chi connectivity index (χ0) is 18.8. The van der Waals surface area contributed by atoms with Crippen LogP contribution in [0, 0.1) is 0 Å². The Morgan fingerprint density at radius 1 is 1.31 bits per heavy atom. The van der Waals surface area contributed by atoms with Crippen molar-refractivity contribution in [3.63, 3.8) is 0 Å². The van der Waals surface area contributed by atoms with Crippen molar-refractivity contribution >= 4 is 28.7 Å². The number of fused-ring (bicyclic) bond motifs is 1. The van der Waals surface area contributed by atoms with Crippen LogP contribution in [-0.4, -0.2) is 54.6 Å². The highest BCUT2D eigenvalue weighted by atomic mass is 16.5. The third kappa shape index (κ3) is 3.14. The van der Waals surface area contributed by atoms with Gasteiger partial charge in [0.05, 0.1) is 37.4 Å². The first kappa shape index (κ1) is 17.9. The number of aliphatic hydroxyl groups excluding tert-OH is 1. The highest BCUT2D eigenvalue weighted by Gasteiger charge is 2.32. The number of nitrogens with one attached hydrogen (secondary N) is 1. The minimum Gasteiger partial charge on any atom is -0.466 e. The summed E-state index contributed by atoms with van der Waals surface area (Å²) < 4.78 is 15.0. The van der Waals surface area contributed by atoms with E-state index in [1.165, 1.54) is 19.1 Å². The van der Waals surface area contributed by atoms with Crippen LogP contribution in [0.5, 0.6) is 0 Å². The maximum Gasteiger partial charge on any atom is 0.355 e. The molecular formula is C17H19N3O6. The maximum atomic E-state index is 12.3. The molecule has 0 bridgehead atoms. The topological polar surface area (TPSA) is 114 Å². The van der Waals surface area contributed by atoms with Crippen molar-refractivity contribution in [2.24, 2.45) is 0 Å². The van der Waals surface area contributed by atoms with Gasteiger partial charge in [-0.25, -0.2) is 14.6 Å². The molecule has 0 spiro atoms. The zero-order valence-electron chi connectivity index (χ0n) is 14.6. The summed E-state index contributed by atoms with van der Waals surface area (Å²) in [5, 5.41) is 9.67. The van der Waals surface area contributed by atoms with Crippen LogP contribution in [-0.2, 0) is 23.8 Å². The minimum atomic E-state index is -0.736. The number of hydrogen-bond donors (Lipinski definition) is 2. The molecule has 3 rings (SSSR count). The Morgan fingerprint density at radius 2 is 2.04 bits per heavy atom. The average molecular weight is 361 g/mol. The van der Waals surface area contributed by atoms with Gasteiger partial charge in [0.15, 0.2) is 0 Å². The van der Waals surface area contributed by atoms with Gasteiger partial charge in [-0.2, -0.15) is 0 Å². The molecule has 0 saturated heterocycles. The van der Waals surface area contributed by atoms with E-state index in [0.717, 1.165) is 0 Å². The SMILES string of the molecule is COC(=O)C1=C(C(=O)OC)N(c2ccc3nc(C(C)O)[nH]c3c2)COC1. The number of ether oxygens (including phenoxy) is 3. The lowest BCUT2D eigenvalue weighted by Crippen LogP contribution is -2.38. The predicted octanol–water partition coefficient (Wildman–Crippen LogP) is 1.01. The van der Waals surface area contributed by atoms with Gasteiger partial charge < -0.3 is 29.2 Å². The first-order chi connectivity index (χ1) is 12.5. The van der Waals surface area contributed by atoms with Gasteiger partial charge in [0.1, 0.15) is 24.4 Å². The number of nitrogens with zero attached hydrogens (tertiary/aromatic N) is 2. The molecule has 0 amide bonds. The highest BCUT2D eigenvalue weighted by molar-refractivity contribution is 6.03. The van der Waals surface area contributed by atoms with Crippen LogP contribution in [0.1, 0.15) is 18.9 Å². The molecule has 9 heteroatoms. The molecule has 0 saturated carbocycles. The molecule has 138 valence electrons. The van der Waals surface area contributed by atoms with Gasteiger partial charge in [-0.05, 0) is 25.1 Å². The number of H-pyrrole nitrogens is 1. The van der Waals surface area contributed by atoms with E-state index in [4.69, 9.17) is 14.2 Å². The summed E-state index contributed by atoms with van der Waals surface area (Å²) in [7, 11) is 2.47. The van der Waals surface area contributed by atoms with E-state index in [2.05, 4.69) is 9.97 Å². The molecule has 0 fully saturated rings. The summed E-state index contributed by atoms with van der Waals surface area (Å²) in [5.74, 6) is -0.886. The fourth-order valence-corrected chi connectivity index (χ4v) is 2.73. The molecular weight excluding hydrogens is 342 g/mol. The molecule has 1 aliphatic heterocycles. The first-order valence-electron chi connectivity index (χ1n) is 7.89. The number of imidazole rings is 1. The van der Waals surface area contributed by atoms with E-state index in [0.29, 0.717) is 22.5 Å². The molecule has 1 aliphatic rings. The van der Waals surface area contributed by atoms with Gasteiger partial charge in [0.2, 0.25) is 0 Å². The van der Waals surface area contributed by atoms with E-state index in [9.17, 15) is 14.7 Å². The molecule has 1 atom stereocenters. The number of esters is 2. The maximum absolute atomic E-state index is 12.3. The second kappa shape index (κ2) is 7.14. The Labute approximate surface area is 149 Å². The van der Waals surface area contributed by atoms with Crippen LogP contribution >= 0.6 is 0 Å². The highest BCUT2D eigenvalue weighted by Crippen LogP contribution is 2.29. The molecule has 2 aromatic rings. The lowest BCUT2D eigenvalue weighted by Gasteiger charge is -2.31. The van der Waals surface area contributed by atoms with Crippen LogP contribution < -0.4 is 4.90 Å². The van der Waals surface area contributed by atoms with Crippen LogP contribution in [0.3, 0.4) is 0 Å². The van der Waals surface area contributed by atoms with E-state index >= 15 is 0 Å². The normalized spacial score (nSPS) is 15.9. The number of carbonyl (C=O) groups is 2. The molecule has 9 nitrogen and oxygen atoms in total. The molecule has 2 heterocycles. The summed E-state index contributed by atoms with van der Waals surface area (Å²) in [5.41, 5.74) is 2.09. The smallest absolute Gasteiger partial charge is 0.355 e. The summed E-state index contributed by atoms with van der Waals surface area (Å²) in [6.45, 7) is 1.62. The lowest BCUT2D eigenvalue weighted by molar-refractivity contribution is -0.140. The van der Waals surface area contributed by atoms with Crippen molar-refractivity contribution in [1.29, 1.82) is 0 Å². The fourth-order valence-electron chi connectivity index (χ4n) is 2.73. The molecule has 1 aromatic carbocycles. The number of methoxy groups -OCH3 is 2. The average Bonchev–Trinajstić information content (AvgIpc) is 3.09. The number of aliphatic hydroxyl groups is 1. The van der Waals surface area contributed by atoms with Gasteiger partial charge in [-0.1, -0.05) is 0 Å². The van der Waals surface area contributed by atoms with Crippen molar-refractivity contribution < 1.29 is 28.9 Å². The van der Waals surface area contributed by atoms with Gasteiger partial charge in [0.25, 0.3) is 0 Å². The van der Waals surface area contributed by atoms with Crippen molar-refractivity contribution in [3.8, 4) is 0 Å². The predicted molar refractivity (Wildman–Crippen MR) is 91.1 cm³/mol. The van der Waals surface area contributed by atoms with Gasteiger partial charge in [-0.15, -0.1) is 0 Å². The Hall–Kier alpha value is -2.91. The van der Waals surface area contributed by atoms with Crippen LogP contribution in [0.4, 0.5) is 5.69 Å². The first-order valence-corrected chi connectivity index (χ1v) is 7.89. The van der Waals surface area contributed by atoms with E-state index < -0.39 is 18.0 Å². The minimum absolute atomic E-state index is 0.0495. The molecule has 1 aromatic heterocycles. The van der Waals surface area contributed by atoms with Crippen LogP contribution in [0.15, 0.2) is 29.5 Å². The molecule has 2 N–H and O–H groups in total. The van der Waals surface area contributed by atoms with Gasteiger partial charge in [0, 0.05) is 5.69 Å². The van der Waals surface area contributed by atoms with E-state index in [-0.39, 0.29) is 24.6 Å². The number of carbonyl (C=O) groups excluding carboxylic acids is 2. The number of aromatic amines is 1. The Balaban J connectivity index is 2.09. The standard InChI is InChI=1S/C17H19N3O6/c1-9(21)15-18-12-5-4-10(6-13(12)19-15)20-8-26-7-11(16(22)24-2)14(20)17(23)25-3/h4-6,9,21H,7-8H2,1-3H3,(H,18,19). The Morgan fingerprint density at radius 3 is 2.69 bits per heavy atom. The van der Waals surface area contributed by atoms with Gasteiger partial charge >= 0.3 is 11.9 Å². The number of aromatic nitrogens is 2. The second-order valence-corrected chi connectivity index (χ2v) is 5.72. The summed E-state index contributed by atoms with van der Waals surface area (Å²) >= 11 is 0. The second-order valence-electron chi connectivity index (χ2n) is 5.72. The monoisotopic (exact) mass is 361 g/mol. The number of hydrogen-bond acceptors (Lipinski definition) is 8. The summed E-state index contributed by atoms with van der Waals surface area (Å²) in [6.07, 6.45) is -0.736. The Kier molecular flexibility index (Phi) is 4.92. The van der Waals surface area contributed by atoms with Crippen molar-refractivity contribution in [3.05, 3.63) is 35.3 Å². The van der Waals surface area contributed by atoms with Crippen molar-refractivity contribution in [2.45, 2.75) is 13.0 Å². The molecule has 26 heavy (non-hydrogen) atoms. The van der Waals surface area contributed by atoms with E-state index in [1.807, 2.05) is 0 Å². The lowest BCUT2D eigenvalue weighted by atomic mass is 10.1. The summed E-state index contributed by atoms with van der Waals surface area (Å²) in [6, 6.07) is 5.23. The van der Waals surface area contributed by atoms with Crippen LogP contribution in [0.25, 0.3) is 11.0 Å². The van der Waals surface area contributed by atoms with Crippen LogP contribution in [0.2, 0.25) is 0 Å². The third-order valence-corrected chi connectivity index (χ3v) is 4.02. The third-order valence-electron chi connectivity index (χ3n) is 4.02. The molecule has 0 radical (unpaired) electrons. The van der Waals surface area contributed by atoms with Crippen molar-refractivity contribution in [1.82, 2.24) is 9.97 Å². The number of benzene rings is 1. The number of anilines is 1. The molecule has 1 unspecified atom stereocenters. The quantitative estimate of drug-likeness (QED) is 0.776. The summed E-state index contributed by atoms with van der Waals surface area (Å²) in [4.78, 5) is 33.2. The largest absolute Gasteiger partial charge is 0.466 e. The molecule has 0 aliphatic carbocycles. The van der Waals surface area contributed by atoms with Crippen molar-refractivity contribution in [2.75, 3.05) is 32.5 Å². The van der Waals surface area contributed by atoms with E-state index in [1.54, 1.807) is 25.1 Å². The fraction of sp³-hybridized carbons (Fsp3) is 0.353. The van der Waals surface area contributed by atoms with Gasteiger partial charge in [-0.3, -0.25) is 0 Å². The number of rotatable bonds is 4. The zero-order valence-corrected chi connectivity index (χ0v) is 14.6. The Bertz CT molecular complexity index is 886.